The molecule has 1 aromatic carbocycles. The Kier molecular flexibility index (Phi) is 4.34. The Morgan fingerprint density at radius 3 is 2.39 bits per heavy atom. The first kappa shape index (κ1) is 18.0. The van der Waals surface area contributed by atoms with Crippen molar-refractivity contribution >= 4 is 28.6 Å². The van der Waals surface area contributed by atoms with Gasteiger partial charge in [-0.05, 0) is 69.2 Å². The number of pyridine rings is 1. The average Bonchev–Trinajstić information content (AvgIpc) is 3.17. The van der Waals surface area contributed by atoms with Gasteiger partial charge in [-0.1, -0.05) is 44.2 Å². The van der Waals surface area contributed by atoms with Gasteiger partial charge in [0.25, 0.3) is 0 Å². The van der Waals surface area contributed by atoms with Crippen molar-refractivity contribution in [1.29, 1.82) is 0 Å². The van der Waals surface area contributed by atoms with Gasteiger partial charge in [0.05, 0.1) is 11.0 Å². The second-order valence-electron chi connectivity index (χ2n) is 8.75. The number of fused-ring (bicyclic) bond motifs is 5. The molecule has 2 heterocycles. The summed E-state index contributed by atoms with van der Waals surface area (Å²) in [5.74, 6) is 1.96. The maximum atomic E-state index is 5.39. The maximum absolute atomic E-state index is 5.39. The van der Waals surface area contributed by atoms with Crippen LogP contribution in [0.5, 0.6) is 0 Å². The van der Waals surface area contributed by atoms with Gasteiger partial charge < -0.3 is 0 Å². The van der Waals surface area contributed by atoms with E-state index < -0.39 is 0 Å². The van der Waals surface area contributed by atoms with Crippen LogP contribution in [-0.4, -0.2) is 9.38 Å². The number of hydrogen-bond donors (Lipinski definition) is 0. The van der Waals surface area contributed by atoms with Crippen LogP contribution in [0.4, 0.5) is 0 Å². The first-order valence-corrected chi connectivity index (χ1v) is 11.3. The monoisotopic (exact) mass is 372 g/mol. The Morgan fingerprint density at radius 2 is 1.75 bits per heavy atom. The van der Waals surface area contributed by atoms with E-state index in [2.05, 4.69) is 62.4 Å². The highest BCUT2D eigenvalue weighted by atomic mass is 15.0. The second-order valence-corrected chi connectivity index (χ2v) is 8.75. The summed E-state index contributed by atoms with van der Waals surface area (Å²) in [6.45, 7) is 9.02. The molecule has 3 aromatic rings. The Labute approximate surface area is 168 Å². The van der Waals surface area contributed by atoms with Crippen LogP contribution < -0.4 is 10.6 Å². The molecule has 3 aliphatic carbocycles. The number of rotatable bonds is 3. The summed E-state index contributed by atoms with van der Waals surface area (Å²) in [4.78, 5) is 5.39. The fraction of sp³-hybridized carbons (Fsp3) is 0.500. The van der Waals surface area contributed by atoms with Gasteiger partial charge in [-0.15, -0.1) is 0 Å². The second kappa shape index (κ2) is 6.76. The van der Waals surface area contributed by atoms with Crippen LogP contribution >= 0.6 is 0 Å². The fourth-order valence-electron chi connectivity index (χ4n) is 6.15. The molecule has 1 saturated carbocycles. The molecule has 2 bridgehead atoms. The van der Waals surface area contributed by atoms with Gasteiger partial charge in [-0.3, -0.25) is 4.40 Å². The van der Waals surface area contributed by atoms with Crippen LogP contribution in [0, 0.1) is 0 Å². The van der Waals surface area contributed by atoms with E-state index >= 15 is 0 Å². The summed E-state index contributed by atoms with van der Waals surface area (Å²) in [5.41, 5.74) is 5.67. The van der Waals surface area contributed by atoms with E-state index in [-0.39, 0.29) is 0 Å². The van der Waals surface area contributed by atoms with Crippen molar-refractivity contribution in [3.8, 4) is 0 Å². The van der Waals surface area contributed by atoms with Crippen molar-refractivity contribution in [1.82, 2.24) is 9.38 Å². The van der Waals surface area contributed by atoms with Crippen LogP contribution in [0.3, 0.4) is 0 Å². The normalized spacial score (nSPS) is 22.8. The van der Waals surface area contributed by atoms with Crippen LogP contribution in [0.1, 0.15) is 101 Å². The van der Waals surface area contributed by atoms with Gasteiger partial charge in [-0.2, -0.15) is 0 Å². The Balaban J connectivity index is 2.04. The smallest absolute Gasteiger partial charge is 0.145 e. The Hall–Kier alpha value is -2.09. The van der Waals surface area contributed by atoms with Crippen molar-refractivity contribution in [3.63, 3.8) is 0 Å². The zero-order valence-electron chi connectivity index (χ0n) is 17.8. The lowest BCUT2D eigenvalue weighted by Gasteiger charge is -2.35. The molecule has 0 radical (unpaired) electrons. The Morgan fingerprint density at radius 1 is 1.04 bits per heavy atom. The highest BCUT2D eigenvalue weighted by molar-refractivity contribution is 5.98. The minimum absolute atomic E-state index is 0.596. The van der Waals surface area contributed by atoms with E-state index in [1.54, 1.807) is 0 Å². The molecule has 0 amide bonds. The predicted molar refractivity (Wildman–Crippen MR) is 119 cm³/mol. The van der Waals surface area contributed by atoms with E-state index in [1.165, 1.54) is 82.5 Å². The Bertz CT molecular complexity index is 1170. The molecule has 1 fully saturated rings. The zero-order valence-corrected chi connectivity index (χ0v) is 17.8. The molecular formula is C26H32N2. The fourth-order valence-corrected chi connectivity index (χ4v) is 6.15. The molecule has 0 spiro atoms. The third-order valence-electron chi connectivity index (χ3n) is 7.56. The van der Waals surface area contributed by atoms with E-state index in [0.717, 1.165) is 0 Å². The quantitative estimate of drug-likeness (QED) is 0.572. The van der Waals surface area contributed by atoms with Gasteiger partial charge >= 0.3 is 0 Å². The minimum atomic E-state index is 0.596. The molecule has 3 aliphatic rings. The molecule has 0 atom stereocenters. The highest BCUT2D eigenvalue weighted by Crippen LogP contribution is 2.49. The van der Waals surface area contributed by atoms with E-state index in [0.29, 0.717) is 17.8 Å². The molecule has 0 unspecified atom stereocenters. The molecule has 2 heteroatoms. The molecular weight excluding hydrogens is 340 g/mol. The predicted octanol–water partition coefficient (Wildman–Crippen LogP) is 5.75. The number of imidazole rings is 1. The molecule has 0 saturated heterocycles. The summed E-state index contributed by atoms with van der Waals surface area (Å²) >= 11 is 0. The number of aromatic nitrogens is 2. The lowest BCUT2D eigenvalue weighted by Crippen LogP contribution is -2.35. The SMILES string of the molecule is C/C=c1\c(=C/C)n2c3c(nc2c2c(C(CC)CC)cccc12)C1CCC3CC1. The molecule has 0 aliphatic heterocycles. The van der Waals surface area contributed by atoms with Gasteiger partial charge in [0.15, 0.2) is 0 Å². The van der Waals surface area contributed by atoms with Crippen LogP contribution in [-0.2, 0) is 0 Å². The molecule has 2 aromatic heterocycles. The van der Waals surface area contributed by atoms with Crippen molar-refractivity contribution in [2.24, 2.45) is 0 Å². The topological polar surface area (TPSA) is 17.3 Å². The van der Waals surface area contributed by atoms with Crippen LogP contribution in [0.2, 0.25) is 0 Å². The minimum Gasteiger partial charge on any atom is -0.296 e. The molecule has 0 N–H and O–H groups in total. The molecule has 6 rings (SSSR count). The van der Waals surface area contributed by atoms with E-state index in [4.69, 9.17) is 4.98 Å². The number of benzene rings is 1. The van der Waals surface area contributed by atoms with Gasteiger partial charge in [-0.25, -0.2) is 4.98 Å². The van der Waals surface area contributed by atoms with Crippen LogP contribution in [0.25, 0.3) is 28.6 Å². The van der Waals surface area contributed by atoms with Crippen molar-refractivity contribution in [2.45, 2.75) is 84.0 Å². The largest absolute Gasteiger partial charge is 0.296 e. The van der Waals surface area contributed by atoms with Crippen LogP contribution in [0.15, 0.2) is 18.2 Å². The first-order valence-electron chi connectivity index (χ1n) is 11.3. The standard InChI is InChI=1S/C26H32N2/c1-5-16(6-2)20-10-9-11-21-19(7-3)22(8-4)28-25-18-14-12-17(13-15-18)24(25)27-26(28)23(20)21/h7-11,16-18H,5-6,12-15H2,1-4H3/b19-7-,22-8+. The van der Waals surface area contributed by atoms with E-state index in [9.17, 15) is 0 Å². The summed E-state index contributed by atoms with van der Waals surface area (Å²) < 4.78 is 2.56. The maximum Gasteiger partial charge on any atom is 0.145 e. The van der Waals surface area contributed by atoms with Crippen molar-refractivity contribution < 1.29 is 0 Å². The van der Waals surface area contributed by atoms with E-state index in [1.807, 2.05) is 0 Å². The zero-order chi connectivity index (χ0) is 19.4. The van der Waals surface area contributed by atoms with Gasteiger partial charge in [0.1, 0.15) is 5.65 Å². The van der Waals surface area contributed by atoms with Gasteiger partial charge in [0, 0.05) is 28.1 Å². The molecule has 146 valence electrons. The summed E-state index contributed by atoms with van der Waals surface area (Å²) in [7, 11) is 0. The summed E-state index contributed by atoms with van der Waals surface area (Å²) in [5, 5.41) is 5.50. The summed E-state index contributed by atoms with van der Waals surface area (Å²) in [6, 6.07) is 6.92. The summed E-state index contributed by atoms with van der Waals surface area (Å²) in [6.07, 6.45) is 12.3. The average molecular weight is 373 g/mol. The lowest BCUT2D eigenvalue weighted by molar-refractivity contribution is 0.346. The number of hydrogen-bond acceptors (Lipinski definition) is 1. The first-order chi connectivity index (χ1) is 13.7. The highest BCUT2D eigenvalue weighted by Gasteiger charge is 2.37. The number of nitrogens with zero attached hydrogens (tertiary/aromatic N) is 2. The van der Waals surface area contributed by atoms with Crippen molar-refractivity contribution in [2.75, 3.05) is 0 Å². The third-order valence-corrected chi connectivity index (χ3v) is 7.56. The molecule has 28 heavy (non-hydrogen) atoms. The lowest BCUT2D eigenvalue weighted by atomic mass is 9.71. The van der Waals surface area contributed by atoms with Gasteiger partial charge in [0.2, 0.25) is 0 Å². The molecule has 2 nitrogen and oxygen atoms in total. The third kappa shape index (κ3) is 2.30. The van der Waals surface area contributed by atoms with Crippen molar-refractivity contribution in [3.05, 3.63) is 45.7 Å².